The molecule has 0 spiro atoms. The summed E-state index contributed by atoms with van der Waals surface area (Å²) in [6.07, 6.45) is -2.93. The summed E-state index contributed by atoms with van der Waals surface area (Å²) < 4.78 is 46.3. The monoisotopic (exact) mass is 216 g/mol. The second-order valence-corrected chi connectivity index (χ2v) is 3.01. The summed E-state index contributed by atoms with van der Waals surface area (Å²) in [4.78, 5) is 0. The van der Waals surface area contributed by atoms with E-state index >= 15 is 0 Å². The number of ether oxygens (including phenoxy) is 2. The summed E-state index contributed by atoms with van der Waals surface area (Å²) in [6, 6.07) is 4.48. The van der Waals surface area contributed by atoms with E-state index in [1.807, 2.05) is 0 Å². The summed E-state index contributed by atoms with van der Waals surface area (Å²) in [5.41, 5.74) is -0.690. The van der Waals surface area contributed by atoms with E-state index in [4.69, 9.17) is 9.47 Å². The zero-order valence-electron chi connectivity index (χ0n) is 7.54. The SMILES string of the molecule is FC(F)(F)c1ccc(O/C=C2/CO2)cc1. The van der Waals surface area contributed by atoms with Gasteiger partial charge in [0.25, 0.3) is 0 Å². The molecule has 1 heterocycles. The van der Waals surface area contributed by atoms with E-state index in [9.17, 15) is 13.2 Å². The Balaban J connectivity index is 2.06. The Morgan fingerprint density at radius 2 is 1.80 bits per heavy atom. The quantitative estimate of drug-likeness (QED) is 0.560. The average Bonchev–Trinajstić information content (AvgIpc) is 2.97. The van der Waals surface area contributed by atoms with Crippen LogP contribution in [-0.4, -0.2) is 6.61 Å². The van der Waals surface area contributed by atoms with Gasteiger partial charge < -0.3 is 9.47 Å². The number of hydrogen-bond donors (Lipinski definition) is 0. The predicted molar refractivity (Wildman–Crippen MR) is 46.1 cm³/mol. The molecule has 0 amide bonds. The molecule has 1 aromatic carbocycles. The van der Waals surface area contributed by atoms with Crippen LogP contribution in [0, 0.1) is 0 Å². The fourth-order valence-corrected chi connectivity index (χ4v) is 0.966. The lowest BCUT2D eigenvalue weighted by atomic mass is 10.2. The molecule has 2 rings (SSSR count). The molecule has 80 valence electrons. The molecule has 0 saturated carbocycles. The third-order valence-corrected chi connectivity index (χ3v) is 1.82. The van der Waals surface area contributed by atoms with Crippen LogP contribution in [0.5, 0.6) is 5.75 Å². The molecular weight excluding hydrogens is 209 g/mol. The lowest BCUT2D eigenvalue weighted by Crippen LogP contribution is -2.03. The lowest BCUT2D eigenvalue weighted by Gasteiger charge is -2.06. The van der Waals surface area contributed by atoms with Crippen molar-refractivity contribution in [1.82, 2.24) is 0 Å². The van der Waals surface area contributed by atoms with Gasteiger partial charge in [-0.15, -0.1) is 0 Å². The van der Waals surface area contributed by atoms with Crippen LogP contribution < -0.4 is 4.74 Å². The minimum absolute atomic E-state index is 0.353. The van der Waals surface area contributed by atoms with Crippen molar-refractivity contribution < 1.29 is 22.6 Å². The molecule has 15 heavy (non-hydrogen) atoms. The van der Waals surface area contributed by atoms with Crippen LogP contribution in [0.15, 0.2) is 36.3 Å². The van der Waals surface area contributed by atoms with Crippen LogP contribution in [0.2, 0.25) is 0 Å². The predicted octanol–water partition coefficient (Wildman–Crippen LogP) is 2.96. The molecule has 0 aliphatic carbocycles. The molecule has 1 aromatic rings. The van der Waals surface area contributed by atoms with Gasteiger partial charge in [-0.1, -0.05) is 0 Å². The summed E-state index contributed by atoms with van der Waals surface area (Å²) in [6.45, 7) is 0.528. The van der Waals surface area contributed by atoms with E-state index < -0.39 is 11.7 Å². The Morgan fingerprint density at radius 3 is 2.27 bits per heavy atom. The fourth-order valence-electron chi connectivity index (χ4n) is 0.966. The van der Waals surface area contributed by atoms with Gasteiger partial charge in [-0.25, -0.2) is 0 Å². The lowest BCUT2D eigenvalue weighted by molar-refractivity contribution is -0.137. The van der Waals surface area contributed by atoms with Gasteiger partial charge in [-0.05, 0) is 24.3 Å². The maximum Gasteiger partial charge on any atom is 0.416 e. The van der Waals surface area contributed by atoms with Gasteiger partial charge in [0.1, 0.15) is 18.6 Å². The number of alkyl halides is 3. The van der Waals surface area contributed by atoms with E-state index in [1.165, 1.54) is 18.4 Å². The van der Waals surface area contributed by atoms with Crippen molar-refractivity contribution in [3.05, 3.63) is 41.9 Å². The normalized spacial score (nSPS) is 17.4. The molecule has 1 saturated heterocycles. The van der Waals surface area contributed by atoms with Gasteiger partial charge in [-0.2, -0.15) is 13.2 Å². The molecule has 0 bridgehead atoms. The van der Waals surface area contributed by atoms with Crippen LogP contribution in [0.4, 0.5) is 13.2 Å². The third-order valence-electron chi connectivity index (χ3n) is 1.82. The Hall–Kier alpha value is -1.65. The second kappa shape index (κ2) is 3.49. The van der Waals surface area contributed by atoms with Crippen LogP contribution in [0.25, 0.3) is 0 Å². The highest BCUT2D eigenvalue weighted by Gasteiger charge is 2.30. The molecule has 0 radical (unpaired) electrons. The van der Waals surface area contributed by atoms with Crippen molar-refractivity contribution in [2.45, 2.75) is 6.18 Å². The molecule has 2 nitrogen and oxygen atoms in total. The molecule has 1 fully saturated rings. The number of hydrogen-bond acceptors (Lipinski definition) is 2. The van der Waals surface area contributed by atoms with Crippen molar-refractivity contribution >= 4 is 0 Å². The summed E-state index contributed by atoms with van der Waals surface area (Å²) >= 11 is 0. The largest absolute Gasteiger partial charge is 0.483 e. The Labute approximate surface area is 83.9 Å². The first-order valence-electron chi connectivity index (χ1n) is 4.21. The molecule has 0 unspecified atom stereocenters. The van der Waals surface area contributed by atoms with Crippen LogP contribution in [0.3, 0.4) is 0 Å². The van der Waals surface area contributed by atoms with Crippen LogP contribution >= 0.6 is 0 Å². The van der Waals surface area contributed by atoms with Gasteiger partial charge >= 0.3 is 6.18 Å². The van der Waals surface area contributed by atoms with Crippen LogP contribution in [0.1, 0.15) is 5.56 Å². The fraction of sp³-hybridized carbons (Fsp3) is 0.200. The van der Waals surface area contributed by atoms with Crippen molar-refractivity contribution in [3.63, 3.8) is 0 Å². The smallest absolute Gasteiger partial charge is 0.416 e. The van der Waals surface area contributed by atoms with Crippen molar-refractivity contribution in [1.29, 1.82) is 0 Å². The third kappa shape index (κ3) is 2.65. The number of halogens is 3. The standard InChI is InChI=1S/C10H7F3O2/c11-10(12,13)7-1-3-8(4-2-7)14-5-9-6-15-9/h1-5H,6H2/b9-5-. The van der Waals surface area contributed by atoms with Gasteiger partial charge in [0, 0.05) is 0 Å². The number of benzene rings is 1. The first-order chi connectivity index (χ1) is 7.05. The topological polar surface area (TPSA) is 21.8 Å². The zero-order valence-corrected chi connectivity index (χ0v) is 7.54. The molecule has 0 atom stereocenters. The van der Waals surface area contributed by atoms with Gasteiger partial charge in [0.15, 0.2) is 5.76 Å². The van der Waals surface area contributed by atoms with Gasteiger partial charge in [0.05, 0.1) is 5.56 Å². The van der Waals surface area contributed by atoms with Crippen molar-refractivity contribution in [2.24, 2.45) is 0 Å². The molecule has 5 heteroatoms. The molecule has 1 aliphatic heterocycles. The Bertz CT molecular complexity index is 373. The first-order valence-corrected chi connectivity index (χ1v) is 4.21. The van der Waals surface area contributed by atoms with E-state index in [2.05, 4.69) is 0 Å². The van der Waals surface area contributed by atoms with E-state index in [0.29, 0.717) is 18.1 Å². The highest BCUT2D eigenvalue weighted by atomic mass is 19.4. The average molecular weight is 216 g/mol. The molecule has 1 aliphatic rings. The van der Waals surface area contributed by atoms with Crippen molar-refractivity contribution in [3.8, 4) is 5.75 Å². The highest BCUT2D eigenvalue weighted by Crippen LogP contribution is 2.30. The minimum Gasteiger partial charge on any atom is -0.483 e. The summed E-state index contributed by atoms with van der Waals surface area (Å²) in [5.74, 6) is 1.04. The van der Waals surface area contributed by atoms with Gasteiger partial charge in [-0.3, -0.25) is 0 Å². The second-order valence-electron chi connectivity index (χ2n) is 3.01. The number of rotatable bonds is 2. The Kier molecular flexibility index (Phi) is 2.30. The maximum absolute atomic E-state index is 12.2. The van der Waals surface area contributed by atoms with E-state index in [1.54, 1.807) is 0 Å². The molecule has 0 N–H and O–H groups in total. The van der Waals surface area contributed by atoms with Crippen molar-refractivity contribution in [2.75, 3.05) is 6.61 Å². The minimum atomic E-state index is -4.31. The first kappa shape index (κ1) is 9.89. The van der Waals surface area contributed by atoms with Gasteiger partial charge in [0.2, 0.25) is 0 Å². The van der Waals surface area contributed by atoms with Crippen LogP contribution in [-0.2, 0) is 10.9 Å². The summed E-state index contributed by atoms with van der Waals surface area (Å²) in [5, 5.41) is 0. The highest BCUT2D eigenvalue weighted by molar-refractivity contribution is 5.29. The van der Waals surface area contributed by atoms with E-state index in [-0.39, 0.29) is 0 Å². The Morgan fingerprint density at radius 1 is 1.20 bits per heavy atom. The summed E-state index contributed by atoms with van der Waals surface area (Å²) in [7, 11) is 0. The zero-order chi connectivity index (χ0) is 10.9. The molecule has 0 aromatic heterocycles. The molecular formula is C10H7F3O2. The number of epoxide rings is 1. The maximum atomic E-state index is 12.2. The van der Waals surface area contributed by atoms with E-state index in [0.717, 1.165) is 12.1 Å².